The lowest BCUT2D eigenvalue weighted by Gasteiger charge is -2.39. The van der Waals surface area contributed by atoms with E-state index in [1.165, 1.54) is 11.8 Å². The molecule has 2 aliphatic rings. The molecule has 0 bridgehead atoms. The Kier molecular flexibility index (Phi) is 7.85. The van der Waals surface area contributed by atoms with Gasteiger partial charge in [-0.2, -0.15) is 0 Å². The van der Waals surface area contributed by atoms with Crippen LogP contribution < -0.4 is 10.1 Å². The first kappa shape index (κ1) is 26.8. The summed E-state index contributed by atoms with van der Waals surface area (Å²) in [6, 6.07) is 24.2. The van der Waals surface area contributed by atoms with Crippen LogP contribution >= 0.6 is 0 Å². The number of amides is 2. The Hall–Kier alpha value is -4.39. The molecule has 0 saturated heterocycles. The Bertz CT molecular complexity index is 1520. The molecule has 0 radical (unpaired) electrons. The number of oxazole rings is 1. The average Bonchev–Trinajstić information content (AvgIpc) is 3.71. The number of fused-ring (bicyclic) bond motifs is 1. The summed E-state index contributed by atoms with van der Waals surface area (Å²) in [5, 5.41) is 2.88. The Balaban J connectivity index is 1.15. The largest absolute Gasteiger partial charge is 0.484 e. The highest BCUT2D eigenvalue weighted by atomic mass is 16.5. The first-order chi connectivity index (χ1) is 20.0. The maximum atomic E-state index is 13.6. The van der Waals surface area contributed by atoms with Crippen molar-refractivity contribution in [1.29, 1.82) is 0 Å². The van der Waals surface area contributed by atoms with E-state index in [-0.39, 0.29) is 36.1 Å². The van der Waals surface area contributed by atoms with Crippen LogP contribution in [0.25, 0.3) is 0 Å². The van der Waals surface area contributed by atoms with Crippen molar-refractivity contribution in [2.24, 2.45) is 5.92 Å². The zero-order chi connectivity index (χ0) is 28.2. The third kappa shape index (κ3) is 6.04. The number of rotatable bonds is 8. The fourth-order valence-corrected chi connectivity index (χ4v) is 6.04. The highest BCUT2D eigenvalue weighted by molar-refractivity contribution is 5.91. The first-order valence-electron chi connectivity index (χ1n) is 14.4. The zero-order valence-corrected chi connectivity index (χ0v) is 23.3. The summed E-state index contributed by atoms with van der Waals surface area (Å²) in [5.74, 6) is 1.08. The topological polar surface area (TPSA) is 84.7 Å². The van der Waals surface area contributed by atoms with E-state index in [9.17, 15) is 9.59 Å². The molecule has 1 aromatic heterocycles. The molecule has 2 heterocycles. The van der Waals surface area contributed by atoms with Gasteiger partial charge in [-0.3, -0.25) is 9.59 Å². The average molecular weight is 550 g/mol. The van der Waals surface area contributed by atoms with Crippen molar-refractivity contribution in [1.82, 2.24) is 15.2 Å². The van der Waals surface area contributed by atoms with Crippen LogP contribution in [0.15, 0.2) is 83.5 Å². The van der Waals surface area contributed by atoms with Crippen LogP contribution in [0.2, 0.25) is 0 Å². The van der Waals surface area contributed by atoms with Gasteiger partial charge < -0.3 is 19.4 Å². The lowest BCUT2D eigenvalue weighted by molar-refractivity contribution is -0.137. The quantitative estimate of drug-likeness (QED) is 0.285. The molecule has 1 aliphatic heterocycles. The lowest BCUT2D eigenvalue weighted by atomic mass is 9.87. The van der Waals surface area contributed by atoms with E-state index in [0.717, 1.165) is 54.4 Å². The van der Waals surface area contributed by atoms with Crippen molar-refractivity contribution in [3.05, 3.63) is 118 Å². The molecule has 1 saturated carbocycles. The number of ether oxygens (including phenoxy) is 1. The summed E-state index contributed by atoms with van der Waals surface area (Å²) in [7, 11) is 0. The van der Waals surface area contributed by atoms with Gasteiger partial charge in [-0.05, 0) is 60.6 Å². The third-order valence-corrected chi connectivity index (χ3v) is 8.13. The predicted octanol–water partition coefficient (Wildman–Crippen LogP) is 6.16. The molecule has 1 unspecified atom stereocenters. The van der Waals surface area contributed by atoms with E-state index < -0.39 is 0 Å². The standard InChI is InChI=1S/C34H35N3O4/c1-23-8-7-9-24(18-23)20-35-33(38)30-21-41-31(36-30)22-40-28-15-14-25-16-17-37(34(39)27-12-5-6-13-27)32(29(25)19-28)26-10-3-2-4-11-26/h2-4,7-11,14-15,18-19,21,27,32H,5-6,12-13,16-17,20,22H2,1H3,(H,35,38). The van der Waals surface area contributed by atoms with Crippen LogP contribution in [-0.2, 0) is 24.4 Å². The van der Waals surface area contributed by atoms with Gasteiger partial charge in [-0.1, -0.05) is 79.1 Å². The monoisotopic (exact) mass is 549 g/mol. The fourth-order valence-electron chi connectivity index (χ4n) is 6.04. The predicted molar refractivity (Wildman–Crippen MR) is 155 cm³/mol. The molecule has 1 fully saturated rings. The molecular weight excluding hydrogens is 514 g/mol. The van der Waals surface area contributed by atoms with Crippen molar-refractivity contribution in [2.45, 2.75) is 58.2 Å². The molecule has 3 aromatic carbocycles. The van der Waals surface area contributed by atoms with Gasteiger partial charge in [0.25, 0.3) is 5.91 Å². The summed E-state index contributed by atoms with van der Waals surface area (Å²) in [4.78, 5) is 32.6. The lowest BCUT2D eigenvalue weighted by Crippen LogP contribution is -2.43. The Labute approximate surface area is 240 Å². The number of nitrogens with one attached hydrogen (secondary N) is 1. The van der Waals surface area contributed by atoms with Crippen molar-refractivity contribution >= 4 is 11.8 Å². The van der Waals surface area contributed by atoms with E-state index in [0.29, 0.717) is 24.7 Å². The van der Waals surface area contributed by atoms with Gasteiger partial charge in [0.1, 0.15) is 12.0 Å². The van der Waals surface area contributed by atoms with Crippen molar-refractivity contribution < 1.29 is 18.7 Å². The molecule has 1 aliphatic carbocycles. The summed E-state index contributed by atoms with van der Waals surface area (Å²) >= 11 is 0. The van der Waals surface area contributed by atoms with Crippen molar-refractivity contribution in [3.8, 4) is 5.75 Å². The van der Waals surface area contributed by atoms with Crippen LogP contribution in [0.5, 0.6) is 5.75 Å². The van der Waals surface area contributed by atoms with Gasteiger partial charge in [-0.25, -0.2) is 4.98 Å². The minimum Gasteiger partial charge on any atom is -0.484 e. The molecule has 210 valence electrons. The number of aromatic nitrogens is 1. The minimum absolute atomic E-state index is 0.0880. The Morgan fingerprint density at radius 2 is 1.85 bits per heavy atom. The second-order valence-corrected chi connectivity index (χ2v) is 11.0. The number of aryl methyl sites for hydroxylation is 1. The molecular formula is C34H35N3O4. The summed E-state index contributed by atoms with van der Waals surface area (Å²) < 4.78 is 11.6. The summed E-state index contributed by atoms with van der Waals surface area (Å²) in [6.45, 7) is 3.24. The van der Waals surface area contributed by atoms with Crippen molar-refractivity contribution in [2.75, 3.05) is 6.54 Å². The fraction of sp³-hybridized carbons (Fsp3) is 0.324. The molecule has 2 amide bonds. The second-order valence-electron chi connectivity index (χ2n) is 11.0. The van der Waals surface area contributed by atoms with Gasteiger partial charge in [-0.15, -0.1) is 0 Å². The normalized spacial score (nSPS) is 16.8. The molecule has 7 nitrogen and oxygen atoms in total. The van der Waals surface area contributed by atoms with Crippen LogP contribution in [0.4, 0.5) is 0 Å². The molecule has 7 heteroatoms. The molecule has 0 spiro atoms. The van der Waals surface area contributed by atoms with E-state index in [2.05, 4.69) is 33.4 Å². The van der Waals surface area contributed by atoms with Gasteiger partial charge in [0.05, 0.1) is 6.04 Å². The van der Waals surface area contributed by atoms with E-state index in [1.807, 2.05) is 61.5 Å². The van der Waals surface area contributed by atoms with Crippen LogP contribution in [0, 0.1) is 12.8 Å². The number of nitrogens with zero attached hydrogens (tertiary/aromatic N) is 2. The zero-order valence-electron chi connectivity index (χ0n) is 23.3. The van der Waals surface area contributed by atoms with Crippen LogP contribution in [-0.4, -0.2) is 28.2 Å². The van der Waals surface area contributed by atoms with Crippen molar-refractivity contribution in [3.63, 3.8) is 0 Å². The molecule has 41 heavy (non-hydrogen) atoms. The number of hydrogen-bond acceptors (Lipinski definition) is 5. The highest BCUT2D eigenvalue weighted by Gasteiger charge is 2.36. The van der Waals surface area contributed by atoms with Gasteiger partial charge in [0.15, 0.2) is 12.3 Å². The molecule has 6 rings (SSSR count). The SMILES string of the molecule is Cc1cccc(CNC(=O)c2coc(COc3ccc4c(c3)C(c3ccccc3)N(C(=O)C3CCCC3)CC4)n2)c1. The maximum Gasteiger partial charge on any atom is 0.273 e. The molecule has 1 N–H and O–H groups in total. The van der Waals surface area contributed by atoms with Crippen LogP contribution in [0.3, 0.4) is 0 Å². The summed E-state index contributed by atoms with van der Waals surface area (Å²) in [5.41, 5.74) is 5.80. The number of carbonyl (C=O) groups is 2. The van der Waals surface area contributed by atoms with E-state index in [4.69, 9.17) is 9.15 Å². The van der Waals surface area contributed by atoms with Gasteiger partial charge >= 0.3 is 0 Å². The smallest absolute Gasteiger partial charge is 0.273 e. The second kappa shape index (κ2) is 12.0. The number of carbonyl (C=O) groups excluding carboxylic acids is 2. The first-order valence-corrected chi connectivity index (χ1v) is 14.4. The summed E-state index contributed by atoms with van der Waals surface area (Å²) in [6.07, 6.45) is 6.40. The molecule has 4 aromatic rings. The highest BCUT2D eigenvalue weighted by Crippen LogP contribution is 2.39. The minimum atomic E-state index is -0.298. The number of benzene rings is 3. The van der Waals surface area contributed by atoms with E-state index >= 15 is 0 Å². The Morgan fingerprint density at radius 3 is 2.66 bits per heavy atom. The third-order valence-electron chi connectivity index (χ3n) is 8.13. The number of hydrogen-bond donors (Lipinski definition) is 1. The van der Waals surface area contributed by atoms with Gasteiger partial charge in [0.2, 0.25) is 11.8 Å². The van der Waals surface area contributed by atoms with Gasteiger partial charge in [0, 0.05) is 19.0 Å². The maximum absolute atomic E-state index is 13.6. The van der Waals surface area contributed by atoms with E-state index in [1.54, 1.807) is 0 Å². The Morgan fingerprint density at radius 1 is 1.02 bits per heavy atom. The van der Waals surface area contributed by atoms with Crippen LogP contribution in [0.1, 0.15) is 75.9 Å². The molecule has 1 atom stereocenters.